The van der Waals surface area contributed by atoms with Crippen LogP contribution in [-0.2, 0) is 11.3 Å². The number of nitrogens with zero attached hydrogens (tertiary/aromatic N) is 1. The van der Waals surface area contributed by atoms with Crippen LogP contribution < -0.4 is 11.2 Å². The number of aromatic nitrogens is 2. The second-order valence-electron chi connectivity index (χ2n) is 5.37. The zero-order valence-electron chi connectivity index (χ0n) is 11.1. The number of hydrogen-bond donors (Lipinski definition) is 1. The Morgan fingerprint density at radius 1 is 1.39 bits per heavy atom. The summed E-state index contributed by atoms with van der Waals surface area (Å²) < 4.78 is 1.20. The third-order valence-electron chi connectivity index (χ3n) is 2.19. The molecule has 0 bridgehead atoms. The summed E-state index contributed by atoms with van der Waals surface area (Å²) in [6.45, 7) is 7.37. The topological polar surface area (TPSA) is 71.9 Å². The molecule has 1 rings (SSSR count). The first-order valence-electron chi connectivity index (χ1n) is 5.71. The third kappa shape index (κ3) is 4.16. The van der Waals surface area contributed by atoms with Crippen molar-refractivity contribution < 1.29 is 4.79 Å². The predicted octanol–water partition coefficient (Wildman–Crippen LogP) is 1.18. The minimum absolute atomic E-state index is 0.0357. The number of hydrogen-bond acceptors (Lipinski definition) is 3. The second-order valence-corrected chi connectivity index (χ2v) is 5.37. The summed E-state index contributed by atoms with van der Waals surface area (Å²) in [5, 5.41) is 0. The van der Waals surface area contributed by atoms with Crippen molar-refractivity contribution in [3.05, 3.63) is 38.7 Å². The van der Waals surface area contributed by atoms with E-state index in [4.69, 9.17) is 0 Å². The second kappa shape index (κ2) is 5.16. The monoisotopic (exact) mass is 250 g/mol. The minimum Gasteiger partial charge on any atom is -0.298 e. The number of rotatable bonds is 3. The molecule has 5 nitrogen and oxygen atoms in total. The first-order valence-corrected chi connectivity index (χ1v) is 5.71. The first-order chi connectivity index (χ1) is 8.19. The Bertz CT molecular complexity index is 585. The molecule has 0 atom stereocenters. The summed E-state index contributed by atoms with van der Waals surface area (Å²) in [7, 11) is 0. The maximum atomic E-state index is 11.6. The quantitative estimate of drug-likeness (QED) is 0.875. The molecule has 0 amide bonds. The largest absolute Gasteiger partial charge is 0.328 e. The van der Waals surface area contributed by atoms with Crippen molar-refractivity contribution in [2.75, 3.05) is 0 Å². The van der Waals surface area contributed by atoms with Crippen LogP contribution in [0.15, 0.2) is 21.9 Å². The predicted molar refractivity (Wildman–Crippen MR) is 70.5 cm³/mol. The summed E-state index contributed by atoms with van der Waals surface area (Å²) in [4.78, 5) is 36.3. The van der Waals surface area contributed by atoms with Crippen molar-refractivity contribution >= 4 is 11.9 Å². The van der Waals surface area contributed by atoms with E-state index in [1.54, 1.807) is 6.08 Å². The first kappa shape index (κ1) is 14.2. The molecule has 0 aliphatic heterocycles. The van der Waals surface area contributed by atoms with Gasteiger partial charge in [0.05, 0.1) is 12.1 Å². The Hall–Kier alpha value is -1.91. The van der Waals surface area contributed by atoms with Gasteiger partial charge in [-0.25, -0.2) is 4.79 Å². The van der Waals surface area contributed by atoms with Crippen molar-refractivity contribution in [1.82, 2.24) is 9.55 Å². The lowest BCUT2D eigenvalue weighted by atomic mass is 9.96. The van der Waals surface area contributed by atoms with Gasteiger partial charge in [0.1, 0.15) is 5.78 Å². The van der Waals surface area contributed by atoms with Gasteiger partial charge in [0.15, 0.2) is 0 Å². The molecule has 1 aromatic rings. The summed E-state index contributed by atoms with van der Waals surface area (Å²) in [5.41, 5.74) is -0.706. The lowest BCUT2D eigenvalue weighted by molar-refractivity contribution is -0.117. The molecule has 0 radical (unpaired) electrons. The van der Waals surface area contributed by atoms with E-state index in [1.165, 1.54) is 17.7 Å². The highest BCUT2D eigenvalue weighted by molar-refractivity contribution is 5.75. The fraction of sp³-hybridized carbons (Fsp3) is 0.462. The van der Waals surface area contributed by atoms with E-state index in [1.807, 2.05) is 26.8 Å². The number of carbonyl (C=O) groups excluding carboxylic acids is 1. The van der Waals surface area contributed by atoms with Crippen molar-refractivity contribution in [1.29, 1.82) is 0 Å². The van der Waals surface area contributed by atoms with Gasteiger partial charge in [-0.05, 0) is 12.3 Å². The molecule has 1 N–H and O–H groups in total. The fourth-order valence-electron chi connectivity index (χ4n) is 1.34. The van der Waals surface area contributed by atoms with Gasteiger partial charge < -0.3 is 0 Å². The summed E-state index contributed by atoms with van der Waals surface area (Å²) in [6.07, 6.45) is 4.94. The van der Waals surface area contributed by atoms with E-state index in [9.17, 15) is 14.4 Å². The minimum atomic E-state index is -0.567. The van der Waals surface area contributed by atoms with Crippen molar-refractivity contribution in [3.8, 4) is 0 Å². The number of Topliss-reactive ketones (excluding diaryl/α,β-unsaturated/α-hetero) is 1. The number of allylic oxidation sites excluding steroid dienone is 1. The highest BCUT2D eigenvalue weighted by Crippen LogP contribution is 2.15. The molecule has 0 spiro atoms. The van der Waals surface area contributed by atoms with Crippen LogP contribution in [0.4, 0.5) is 0 Å². The number of H-pyrrole nitrogens is 1. The Morgan fingerprint density at radius 2 is 2.00 bits per heavy atom. The molecule has 0 fully saturated rings. The number of carbonyl (C=O) groups is 1. The molecular formula is C13H18N2O3. The van der Waals surface area contributed by atoms with Crippen LogP contribution in [-0.4, -0.2) is 15.3 Å². The zero-order chi connectivity index (χ0) is 13.9. The fourth-order valence-corrected chi connectivity index (χ4v) is 1.34. The molecule has 0 aliphatic carbocycles. The third-order valence-corrected chi connectivity index (χ3v) is 2.19. The molecule has 1 heterocycles. The van der Waals surface area contributed by atoms with Crippen molar-refractivity contribution in [2.45, 2.75) is 34.2 Å². The standard InChI is InChI=1S/C13H18N2O3/c1-9(16)7-15-8-10(5-6-13(2,3)4)11(17)14-12(15)18/h5-6,8H,7H2,1-4H3,(H,14,17,18)/b6-5+. The van der Waals surface area contributed by atoms with Crippen LogP contribution in [0, 0.1) is 5.41 Å². The SMILES string of the molecule is CC(=O)Cn1cc(/C=C/C(C)(C)C)c(=O)[nH]c1=O. The van der Waals surface area contributed by atoms with Crippen molar-refractivity contribution in [2.24, 2.45) is 5.41 Å². The molecule has 0 aromatic carbocycles. The maximum Gasteiger partial charge on any atom is 0.328 e. The van der Waals surface area contributed by atoms with Crippen LogP contribution in [0.5, 0.6) is 0 Å². The Kier molecular flexibility index (Phi) is 4.06. The molecule has 0 unspecified atom stereocenters. The van der Waals surface area contributed by atoms with E-state index in [2.05, 4.69) is 4.98 Å². The van der Waals surface area contributed by atoms with E-state index in [-0.39, 0.29) is 17.7 Å². The van der Waals surface area contributed by atoms with E-state index in [0.29, 0.717) is 5.56 Å². The zero-order valence-corrected chi connectivity index (χ0v) is 11.1. The summed E-state index contributed by atoms with van der Waals surface area (Å²) in [6, 6.07) is 0. The van der Waals surface area contributed by atoms with Crippen LogP contribution in [0.1, 0.15) is 33.3 Å². The van der Waals surface area contributed by atoms with Gasteiger partial charge in [-0.2, -0.15) is 0 Å². The van der Waals surface area contributed by atoms with Crippen LogP contribution in [0.25, 0.3) is 6.08 Å². The smallest absolute Gasteiger partial charge is 0.298 e. The average molecular weight is 250 g/mol. The molecule has 98 valence electrons. The van der Waals surface area contributed by atoms with Crippen LogP contribution >= 0.6 is 0 Å². The van der Waals surface area contributed by atoms with E-state index < -0.39 is 11.2 Å². The van der Waals surface area contributed by atoms with Crippen LogP contribution in [0.2, 0.25) is 0 Å². The van der Waals surface area contributed by atoms with Gasteiger partial charge >= 0.3 is 5.69 Å². The highest BCUT2D eigenvalue weighted by Gasteiger charge is 2.07. The van der Waals surface area contributed by atoms with Gasteiger partial charge in [-0.15, -0.1) is 0 Å². The van der Waals surface area contributed by atoms with Gasteiger partial charge in [0.2, 0.25) is 0 Å². The maximum absolute atomic E-state index is 11.6. The molecule has 5 heteroatoms. The molecule has 0 aliphatic rings. The molecule has 1 aromatic heterocycles. The Morgan fingerprint density at radius 3 is 2.50 bits per heavy atom. The normalized spacial score (nSPS) is 12.0. The molecule has 18 heavy (non-hydrogen) atoms. The molecule has 0 saturated carbocycles. The van der Waals surface area contributed by atoms with E-state index >= 15 is 0 Å². The lowest BCUT2D eigenvalue weighted by Crippen LogP contribution is -2.32. The number of ketones is 1. The van der Waals surface area contributed by atoms with E-state index in [0.717, 1.165) is 0 Å². The van der Waals surface area contributed by atoms with Gasteiger partial charge in [-0.1, -0.05) is 32.9 Å². The van der Waals surface area contributed by atoms with Gasteiger partial charge in [-0.3, -0.25) is 19.1 Å². The highest BCUT2D eigenvalue weighted by atomic mass is 16.2. The van der Waals surface area contributed by atoms with Crippen molar-refractivity contribution in [3.63, 3.8) is 0 Å². The lowest BCUT2D eigenvalue weighted by Gasteiger charge is -2.11. The molecular weight excluding hydrogens is 232 g/mol. The molecule has 0 saturated heterocycles. The summed E-state index contributed by atoms with van der Waals surface area (Å²) >= 11 is 0. The number of nitrogens with one attached hydrogen (secondary N) is 1. The Balaban J connectivity index is 3.21. The Labute approximate surface area is 105 Å². The van der Waals surface area contributed by atoms with Gasteiger partial charge in [0.25, 0.3) is 5.56 Å². The number of aromatic amines is 1. The summed E-state index contributed by atoms with van der Waals surface area (Å²) in [5.74, 6) is -0.144. The van der Waals surface area contributed by atoms with Crippen LogP contribution in [0.3, 0.4) is 0 Å². The van der Waals surface area contributed by atoms with Gasteiger partial charge in [0, 0.05) is 6.20 Å². The average Bonchev–Trinajstić information content (AvgIpc) is 2.18.